The van der Waals surface area contributed by atoms with Gasteiger partial charge in [0.25, 0.3) is 5.91 Å². The van der Waals surface area contributed by atoms with Crippen molar-refractivity contribution in [3.05, 3.63) is 87.2 Å². The van der Waals surface area contributed by atoms with Crippen LogP contribution in [0.4, 0.5) is 5.69 Å². The fraction of sp³-hybridized carbons (Fsp3) is 0.160. The second-order valence-corrected chi connectivity index (χ2v) is 9.03. The largest absolute Gasteiger partial charge is 0.483 e. The minimum atomic E-state index is -0.344. The van der Waals surface area contributed by atoms with Gasteiger partial charge in [-0.2, -0.15) is 0 Å². The van der Waals surface area contributed by atoms with E-state index in [0.717, 1.165) is 22.4 Å². The van der Waals surface area contributed by atoms with E-state index >= 15 is 0 Å². The molecule has 1 amide bonds. The van der Waals surface area contributed by atoms with Crippen molar-refractivity contribution in [3.63, 3.8) is 0 Å². The first-order valence-electron chi connectivity index (χ1n) is 10.4. The van der Waals surface area contributed by atoms with Crippen LogP contribution in [0.1, 0.15) is 22.6 Å². The van der Waals surface area contributed by atoms with Crippen molar-refractivity contribution in [2.24, 2.45) is 0 Å². The van der Waals surface area contributed by atoms with E-state index in [1.54, 1.807) is 12.1 Å². The van der Waals surface area contributed by atoms with Gasteiger partial charge in [-0.15, -0.1) is 0 Å². The van der Waals surface area contributed by atoms with E-state index in [2.05, 4.69) is 15.6 Å². The van der Waals surface area contributed by atoms with Gasteiger partial charge in [-0.1, -0.05) is 53.0 Å². The molecule has 0 fully saturated rings. The Kier molecular flexibility index (Phi) is 7.36. The van der Waals surface area contributed by atoms with Gasteiger partial charge in [-0.05, 0) is 67.5 Å². The number of aryl methyl sites for hydroxylation is 2. The van der Waals surface area contributed by atoms with Crippen LogP contribution >= 0.6 is 35.4 Å². The molecule has 9 heteroatoms. The molecule has 6 nitrogen and oxygen atoms in total. The van der Waals surface area contributed by atoms with Crippen LogP contribution in [0.5, 0.6) is 5.75 Å². The second-order valence-electron chi connectivity index (χ2n) is 7.78. The average molecular weight is 514 g/mol. The summed E-state index contributed by atoms with van der Waals surface area (Å²) in [6.45, 7) is 3.80. The lowest BCUT2D eigenvalue weighted by atomic mass is 10.1. The lowest BCUT2D eigenvalue weighted by Gasteiger charge is -2.12. The van der Waals surface area contributed by atoms with E-state index in [0.29, 0.717) is 39.2 Å². The molecule has 0 aliphatic rings. The third kappa shape index (κ3) is 6.05. The molecule has 4 aromatic rings. The Hall–Kier alpha value is -3.13. The molecule has 174 valence electrons. The van der Waals surface area contributed by atoms with Crippen LogP contribution in [0.15, 0.2) is 59.0 Å². The number of nitrogens with one attached hydrogen (secondary N) is 2. The first-order valence-corrected chi connectivity index (χ1v) is 11.6. The fourth-order valence-corrected chi connectivity index (χ4v) is 4.14. The molecule has 0 spiro atoms. The SMILES string of the molecule is Cc1ccc(OCC(=O)NC(=S)Nc2ccc(Cc3nc4cc(Cl)cc(Cl)c4o3)cc2)c(C)c1. The van der Waals surface area contributed by atoms with Crippen LogP contribution in [0.2, 0.25) is 10.0 Å². The van der Waals surface area contributed by atoms with Crippen molar-refractivity contribution in [2.45, 2.75) is 20.3 Å². The standard InChI is InChI=1S/C25H21Cl2N3O3S/c1-14-3-8-21(15(2)9-14)32-13-22(31)30-25(34)28-18-6-4-16(5-7-18)10-23-29-20-12-17(26)11-19(27)24(20)33-23/h3-9,11-12H,10,13H2,1-2H3,(H2,28,30,31,34). The van der Waals surface area contributed by atoms with Gasteiger partial charge in [0.05, 0.1) is 5.02 Å². The summed E-state index contributed by atoms with van der Waals surface area (Å²) in [5.41, 5.74) is 4.95. The number of anilines is 1. The van der Waals surface area contributed by atoms with E-state index in [-0.39, 0.29) is 17.6 Å². The maximum atomic E-state index is 12.2. The van der Waals surface area contributed by atoms with Crippen molar-refractivity contribution in [3.8, 4) is 5.75 Å². The number of aromatic nitrogens is 1. The Morgan fingerprint density at radius 2 is 1.85 bits per heavy atom. The maximum Gasteiger partial charge on any atom is 0.264 e. The number of hydrogen-bond acceptors (Lipinski definition) is 5. The van der Waals surface area contributed by atoms with Gasteiger partial charge < -0.3 is 14.5 Å². The number of carbonyl (C=O) groups excluding carboxylic acids is 1. The predicted octanol–water partition coefficient (Wildman–Crippen LogP) is 6.23. The molecule has 0 saturated heterocycles. The minimum absolute atomic E-state index is 0.135. The third-order valence-electron chi connectivity index (χ3n) is 4.96. The molecule has 0 aliphatic carbocycles. The van der Waals surface area contributed by atoms with Crippen molar-refractivity contribution in [2.75, 3.05) is 11.9 Å². The topological polar surface area (TPSA) is 76.4 Å². The number of benzene rings is 3. The highest BCUT2D eigenvalue weighted by molar-refractivity contribution is 7.80. The van der Waals surface area contributed by atoms with Crippen LogP contribution < -0.4 is 15.4 Å². The van der Waals surface area contributed by atoms with Crippen LogP contribution in [-0.2, 0) is 11.2 Å². The van der Waals surface area contributed by atoms with Crippen molar-refractivity contribution >= 4 is 63.2 Å². The van der Waals surface area contributed by atoms with Crippen molar-refractivity contribution in [1.29, 1.82) is 0 Å². The highest BCUT2D eigenvalue weighted by Crippen LogP contribution is 2.29. The number of halogens is 2. The first kappa shape index (κ1) is 24.0. The fourth-order valence-electron chi connectivity index (χ4n) is 3.39. The Balaban J connectivity index is 1.29. The number of amides is 1. The van der Waals surface area contributed by atoms with Gasteiger partial charge in [0, 0.05) is 17.1 Å². The molecular weight excluding hydrogens is 493 g/mol. The molecule has 0 unspecified atom stereocenters. The highest BCUT2D eigenvalue weighted by Gasteiger charge is 2.12. The van der Waals surface area contributed by atoms with Gasteiger partial charge in [0.2, 0.25) is 0 Å². The molecular formula is C25H21Cl2N3O3S. The molecule has 1 aromatic heterocycles. The van der Waals surface area contributed by atoms with Crippen molar-refractivity contribution < 1.29 is 13.9 Å². The Morgan fingerprint density at radius 3 is 2.59 bits per heavy atom. The summed E-state index contributed by atoms with van der Waals surface area (Å²) in [7, 11) is 0. The summed E-state index contributed by atoms with van der Waals surface area (Å²) in [4.78, 5) is 16.6. The minimum Gasteiger partial charge on any atom is -0.483 e. The molecule has 4 rings (SSSR count). The molecule has 0 aliphatic heterocycles. The van der Waals surface area contributed by atoms with Gasteiger partial charge in [-0.25, -0.2) is 4.98 Å². The number of fused-ring (bicyclic) bond motifs is 1. The maximum absolute atomic E-state index is 12.2. The van der Waals surface area contributed by atoms with Crippen LogP contribution in [-0.4, -0.2) is 22.6 Å². The molecule has 2 N–H and O–H groups in total. The molecule has 0 radical (unpaired) electrons. The second kappa shape index (κ2) is 10.4. The number of thiocarbonyl (C=S) groups is 1. The molecule has 0 bridgehead atoms. The van der Waals surface area contributed by atoms with Gasteiger partial charge in [-0.3, -0.25) is 10.1 Å². The van der Waals surface area contributed by atoms with E-state index in [1.165, 1.54) is 0 Å². The normalized spacial score (nSPS) is 10.8. The zero-order valence-corrected chi connectivity index (χ0v) is 20.8. The quantitative estimate of drug-likeness (QED) is 0.297. The molecule has 0 saturated carbocycles. The number of rotatable bonds is 6. The molecule has 0 atom stereocenters. The van der Waals surface area contributed by atoms with Gasteiger partial charge >= 0.3 is 0 Å². The average Bonchev–Trinajstić information content (AvgIpc) is 3.17. The zero-order valence-electron chi connectivity index (χ0n) is 18.4. The van der Waals surface area contributed by atoms with Crippen LogP contribution in [0, 0.1) is 13.8 Å². The van der Waals surface area contributed by atoms with Gasteiger partial charge in [0.15, 0.2) is 23.2 Å². The monoisotopic (exact) mass is 513 g/mol. The Labute approximate surface area is 212 Å². The first-order chi connectivity index (χ1) is 16.3. The van der Waals surface area contributed by atoms with E-state index in [1.807, 2.05) is 56.3 Å². The van der Waals surface area contributed by atoms with E-state index in [9.17, 15) is 4.79 Å². The van der Waals surface area contributed by atoms with Crippen LogP contribution in [0.25, 0.3) is 11.1 Å². The Bertz CT molecular complexity index is 1370. The summed E-state index contributed by atoms with van der Waals surface area (Å²) in [6, 6.07) is 16.7. The molecule has 1 heterocycles. The number of oxazole rings is 1. The number of ether oxygens (including phenoxy) is 1. The predicted molar refractivity (Wildman–Crippen MR) is 139 cm³/mol. The van der Waals surface area contributed by atoms with Gasteiger partial charge in [0.1, 0.15) is 11.3 Å². The Morgan fingerprint density at radius 1 is 1.09 bits per heavy atom. The lowest BCUT2D eigenvalue weighted by Crippen LogP contribution is -2.37. The lowest BCUT2D eigenvalue weighted by molar-refractivity contribution is -0.121. The number of nitrogens with zero attached hydrogens (tertiary/aromatic N) is 1. The zero-order chi connectivity index (χ0) is 24.2. The third-order valence-corrected chi connectivity index (χ3v) is 5.67. The van der Waals surface area contributed by atoms with Crippen LogP contribution in [0.3, 0.4) is 0 Å². The number of carbonyl (C=O) groups is 1. The van der Waals surface area contributed by atoms with Crippen molar-refractivity contribution in [1.82, 2.24) is 10.3 Å². The summed E-state index contributed by atoms with van der Waals surface area (Å²) >= 11 is 17.4. The number of hydrogen-bond donors (Lipinski definition) is 2. The molecule has 34 heavy (non-hydrogen) atoms. The summed E-state index contributed by atoms with van der Waals surface area (Å²) < 4.78 is 11.3. The summed E-state index contributed by atoms with van der Waals surface area (Å²) in [5.74, 6) is 0.856. The van der Waals surface area contributed by atoms with E-state index in [4.69, 9.17) is 44.6 Å². The highest BCUT2D eigenvalue weighted by atomic mass is 35.5. The smallest absolute Gasteiger partial charge is 0.264 e. The summed E-state index contributed by atoms with van der Waals surface area (Å²) in [6.07, 6.45) is 0.486. The molecule has 3 aromatic carbocycles. The van der Waals surface area contributed by atoms with E-state index < -0.39 is 0 Å². The summed E-state index contributed by atoms with van der Waals surface area (Å²) in [5, 5.41) is 6.73.